The minimum Gasteiger partial charge on any atom is -0.497 e. The zero-order chi connectivity index (χ0) is 40.8. The number of aromatic nitrogens is 1. The summed E-state index contributed by atoms with van der Waals surface area (Å²) in [7, 11) is -2.35. The van der Waals surface area contributed by atoms with Gasteiger partial charge in [-0.25, -0.2) is 18.2 Å². The van der Waals surface area contributed by atoms with Crippen molar-refractivity contribution in [2.45, 2.75) is 102 Å². The Morgan fingerprint density at radius 3 is 2.30 bits per heavy atom. The van der Waals surface area contributed by atoms with Gasteiger partial charge in [-0.3, -0.25) is 19.1 Å². The average molecular weight is 790 g/mol. The quantitative estimate of drug-likeness (QED) is 0.214. The van der Waals surface area contributed by atoms with Crippen LogP contribution in [-0.4, -0.2) is 90.3 Å². The van der Waals surface area contributed by atoms with E-state index in [1.807, 2.05) is 42.5 Å². The molecule has 56 heavy (non-hydrogen) atoms. The summed E-state index contributed by atoms with van der Waals surface area (Å²) < 4.78 is 45.4. The monoisotopic (exact) mass is 789 g/mol. The minimum absolute atomic E-state index is 0.0122. The lowest BCUT2D eigenvalue weighted by atomic mass is 9.85. The number of nitrogens with zero attached hydrogens (tertiary/aromatic N) is 2. The van der Waals surface area contributed by atoms with Crippen molar-refractivity contribution in [1.29, 1.82) is 0 Å². The van der Waals surface area contributed by atoms with E-state index < -0.39 is 79.7 Å². The molecule has 2 aromatic carbocycles. The molecule has 2 aliphatic carbocycles. The Morgan fingerprint density at radius 1 is 1.02 bits per heavy atom. The summed E-state index contributed by atoms with van der Waals surface area (Å²) in [5, 5.41) is 5.56. The highest BCUT2D eigenvalue weighted by Crippen LogP contribution is 2.46. The first kappa shape index (κ1) is 40.5. The van der Waals surface area contributed by atoms with E-state index in [1.165, 1.54) is 11.0 Å². The molecule has 0 radical (unpaired) electrons. The van der Waals surface area contributed by atoms with Crippen molar-refractivity contribution in [2.24, 2.45) is 11.3 Å². The van der Waals surface area contributed by atoms with Crippen LogP contribution >= 0.6 is 0 Å². The molecule has 3 N–H and O–H groups in total. The molecule has 1 saturated heterocycles. The maximum absolute atomic E-state index is 14.7. The van der Waals surface area contributed by atoms with E-state index in [1.54, 1.807) is 60.8 Å². The first-order valence-electron chi connectivity index (χ1n) is 18.8. The number of carbonyl (C=O) groups is 4. The molecule has 0 bridgehead atoms. The van der Waals surface area contributed by atoms with E-state index >= 15 is 0 Å². The molecule has 300 valence electrons. The van der Waals surface area contributed by atoms with E-state index in [0.717, 1.165) is 5.56 Å². The zero-order valence-electron chi connectivity index (χ0n) is 32.9. The number of fused-ring (bicyclic) bond motifs is 1. The van der Waals surface area contributed by atoms with Crippen LogP contribution in [0.3, 0.4) is 0 Å². The Morgan fingerprint density at radius 2 is 1.71 bits per heavy atom. The lowest BCUT2D eigenvalue weighted by Gasteiger charge is -2.36. The summed E-state index contributed by atoms with van der Waals surface area (Å²) in [5.41, 5.74) is -1.16. The average Bonchev–Trinajstić information content (AvgIpc) is 4.06. The fraction of sp³-hybridized carbons (Fsp3) is 0.488. The van der Waals surface area contributed by atoms with Gasteiger partial charge in [0.05, 0.1) is 30.1 Å². The van der Waals surface area contributed by atoms with Gasteiger partial charge in [0.2, 0.25) is 21.8 Å². The first-order valence-corrected chi connectivity index (χ1v) is 20.3. The van der Waals surface area contributed by atoms with Crippen LogP contribution in [0.4, 0.5) is 4.79 Å². The van der Waals surface area contributed by atoms with Crippen molar-refractivity contribution in [3.8, 4) is 22.8 Å². The van der Waals surface area contributed by atoms with Crippen LogP contribution in [0.25, 0.3) is 22.2 Å². The number of rotatable bonds is 12. The molecule has 4 amide bonds. The Balaban J connectivity index is 1.34. The summed E-state index contributed by atoms with van der Waals surface area (Å²) >= 11 is 0. The molecule has 15 heteroatoms. The van der Waals surface area contributed by atoms with E-state index in [9.17, 15) is 27.6 Å². The van der Waals surface area contributed by atoms with Gasteiger partial charge < -0.3 is 29.7 Å². The number of methoxy groups -OCH3 is 1. The second kappa shape index (κ2) is 15.1. The molecular formula is C41H51N5O9S. The van der Waals surface area contributed by atoms with Gasteiger partial charge in [0.15, 0.2) is 0 Å². The van der Waals surface area contributed by atoms with Gasteiger partial charge >= 0.3 is 6.09 Å². The summed E-state index contributed by atoms with van der Waals surface area (Å²) in [4.78, 5) is 61.9. The van der Waals surface area contributed by atoms with Crippen LogP contribution in [0.1, 0.15) is 67.2 Å². The van der Waals surface area contributed by atoms with Crippen LogP contribution in [0.5, 0.6) is 11.5 Å². The van der Waals surface area contributed by atoms with Crippen LogP contribution in [0.15, 0.2) is 67.3 Å². The summed E-state index contributed by atoms with van der Waals surface area (Å²) in [5.74, 6) is -1.56. The van der Waals surface area contributed by atoms with Gasteiger partial charge in [-0.1, -0.05) is 57.2 Å². The lowest BCUT2D eigenvalue weighted by Crippen LogP contribution is -2.60. The van der Waals surface area contributed by atoms with Gasteiger partial charge in [0.1, 0.15) is 40.8 Å². The van der Waals surface area contributed by atoms with Gasteiger partial charge in [-0.2, -0.15) is 0 Å². The Kier molecular flexibility index (Phi) is 10.9. The Bertz CT molecular complexity index is 2140. The predicted octanol–water partition coefficient (Wildman–Crippen LogP) is 4.87. The number of pyridine rings is 1. The molecule has 2 saturated carbocycles. The van der Waals surface area contributed by atoms with Crippen molar-refractivity contribution in [1.82, 2.24) is 25.2 Å². The molecule has 5 atom stereocenters. The number of ether oxygens (including phenoxy) is 3. The highest BCUT2D eigenvalue weighted by atomic mass is 32.2. The van der Waals surface area contributed by atoms with Crippen molar-refractivity contribution in [3.63, 3.8) is 0 Å². The first-order chi connectivity index (χ1) is 26.2. The molecule has 1 aliphatic heterocycles. The van der Waals surface area contributed by atoms with Crippen LogP contribution in [0, 0.1) is 11.3 Å². The van der Waals surface area contributed by atoms with Crippen LogP contribution in [0.2, 0.25) is 0 Å². The highest BCUT2D eigenvalue weighted by Gasteiger charge is 2.62. The predicted molar refractivity (Wildman–Crippen MR) is 210 cm³/mol. The van der Waals surface area contributed by atoms with Gasteiger partial charge in [0.25, 0.3) is 5.91 Å². The number of likely N-dealkylation sites (tertiary alicyclic amines) is 1. The van der Waals surface area contributed by atoms with Crippen molar-refractivity contribution >= 4 is 44.7 Å². The molecule has 0 spiro atoms. The van der Waals surface area contributed by atoms with Crippen LogP contribution < -0.4 is 24.8 Å². The standard InChI is InChI=1S/C41H51N5O9S/c1-9-25-22-41(25,37(49)45-56(51,52)28-16-17-28)44-35(47)32-20-27(23-46(32)36(48)34(39(2,3)4)43-38(50)55-40(5,6)7)54-33-21-30(24-13-11-10-12-14-24)42-31-19-26(53-8)15-18-29(31)33/h9-15,18-19,21,25,27-28,32,34H,1,16-17,20,22-23H2,2-8H3,(H,43,50)(H,44,47)(H,45,49)/t25-,27-,32+,34-,41+/m1/s1. The maximum Gasteiger partial charge on any atom is 0.408 e. The molecule has 14 nitrogen and oxygen atoms in total. The fourth-order valence-corrected chi connectivity index (χ4v) is 8.33. The number of sulfonamides is 1. The highest BCUT2D eigenvalue weighted by molar-refractivity contribution is 7.91. The van der Waals surface area contributed by atoms with E-state index in [2.05, 4.69) is 21.9 Å². The number of amides is 4. The van der Waals surface area contributed by atoms with Crippen molar-refractivity contribution in [3.05, 3.63) is 67.3 Å². The van der Waals surface area contributed by atoms with Gasteiger partial charge in [0, 0.05) is 35.4 Å². The SMILES string of the molecule is C=C[C@@H]1C[C@@]1(NC(=O)[C@@H]1C[C@@H](Oc2cc(-c3ccccc3)nc3cc(OC)ccc23)CN1C(=O)[C@@H](NC(=O)OC(C)(C)C)C(C)(C)C)C(=O)NS(=O)(=O)C1CC1. The molecule has 1 aromatic heterocycles. The summed E-state index contributed by atoms with van der Waals surface area (Å²) in [6, 6.07) is 14.5. The number of benzene rings is 2. The molecule has 3 aromatic rings. The number of hydrogen-bond acceptors (Lipinski definition) is 10. The van der Waals surface area contributed by atoms with Crippen molar-refractivity contribution in [2.75, 3.05) is 13.7 Å². The van der Waals surface area contributed by atoms with E-state index in [-0.39, 0.29) is 19.4 Å². The molecule has 3 aliphatic rings. The lowest BCUT2D eigenvalue weighted by molar-refractivity contribution is -0.143. The summed E-state index contributed by atoms with van der Waals surface area (Å²) in [6.07, 6.45) is 1.01. The topological polar surface area (TPSA) is 182 Å². The Hall–Kier alpha value is -5.18. The minimum atomic E-state index is -3.92. The number of carbonyl (C=O) groups excluding carboxylic acids is 4. The largest absolute Gasteiger partial charge is 0.497 e. The molecular weight excluding hydrogens is 739 g/mol. The maximum atomic E-state index is 14.7. The van der Waals surface area contributed by atoms with E-state index in [0.29, 0.717) is 40.9 Å². The normalized spacial score (nSPS) is 22.8. The number of alkyl carbamates (subject to hydrolysis) is 1. The third kappa shape index (κ3) is 8.77. The second-order valence-corrected chi connectivity index (χ2v) is 18.8. The third-order valence-electron chi connectivity index (χ3n) is 10.2. The van der Waals surface area contributed by atoms with Crippen LogP contribution in [-0.2, 0) is 29.1 Å². The fourth-order valence-electron chi connectivity index (χ4n) is 6.97. The Labute approximate surface area is 327 Å². The smallest absolute Gasteiger partial charge is 0.408 e. The second-order valence-electron chi connectivity index (χ2n) is 16.9. The summed E-state index contributed by atoms with van der Waals surface area (Å²) in [6.45, 7) is 14.2. The zero-order valence-corrected chi connectivity index (χ0v) is 33.7. The van der Waals surface area contributed by atoms with E-state index in [4.69, 9.17) is 19.2 Å². The number of hydrogen-bond donors (Lipinski definition) is 3. The number of nitrogens with one attached hydrogen (secondary N) is 3. The van der Waals surface area contributed by atoms with Crippen molar-refractivity contribution < 1.29 is 41.8 Å². The molecule has 6 rings (SSSR count). The third-order valence-corrected chi connectivity index (χ3v) is 12.0. The molecule has 0 unspecified atom stereocenters. The molecule has 2 heterocycles. The molecule has 3 fully saturated rings. The van der Waals surface area contributed by atoms with Gasteiger partial charge in [-0.05, 0) is 57.6 Å². The van der Waals surface area contributed by atoms with Gasteiger partial charge in [-0.15, -0.1) is 6.58 Å².